The number of ether oxygens (including phenoxy) is 3. The van der Waals surface area contributed by atoms with E-state index in [2.05, 4.69) is 32.3 Å². The predicted molar refractivity (Wildman–Crippen MR) is 128 cm³/mol. The van der Waals surface area contributed by atoms with E-state index in [1.54, 1.807) is 21.3 Å². The molecule has 1 N–H and O–H groups in total. The van der Waals surface area contributed by atoms with Crippen LogP contribution in [0.2, 0.25) is 0 Å². The van der Waals surface area contributed by atoms with Crippen molar-refractivity contribution in [1.29, 1.82) is 0 Å². The topological polar surface area (TPSA) is 85.8 Å². The molecule has 8 nitrogen and oxygen atoms in total. The molecule has 2 aromatic heterocycles. The summed E-state index contributed by atoms with van der Waals surface area (Å²) in [5, 5.41) is 3.94. The molecule has 1 unspecified atom stereocenters. The molecule has 0 saturated carbocycles. The summed E-state index contributed by atoms with van der Waals surface area (Å²) in [6.07, 6.45) is 2.35. The molecule has 0 aliphatic carbocycles. The maximum atomic E-state index is 13.3. The Morgan fingerprint density at radius 3 is 2.67 bits per heavy atom. The Balaban J connectivity index is 1.59. The standard InChI is InChI=1S/C24H30N4O4S/c1-15-20-23(32-4)26-19(14-30-2)27-24(20)33-21(15)22(29)25-13-18(28-10-5-6-11-28)16-8-7-9-17(12-16)31-3/h7-9,12,18H,5-6,10-11,13-14H2,1-4H3,(H,25,29). The first-order valence-electron chi connectivity index (χ1n) is 11.0. The van der Waals surface area contributed by atoms with Crippen molar-refractivity contribution in [1.82, 2.24) is 20.2 Å². The summed E-state index contributed by atoms with van der Waals surface area (Å²) in [6, 6.07) is 8.18. The van der Waals surface area contributed by atoms with E-state index in [0.29, 0.717) is 23.1 Å². The second kappa shape index (κ2) is 10.5. The maximum absolute atomic E-state index is 13.3. The van der Waals surface area contributed by atoms with Crippen molar-refractivity contribution in [3.05, 3.63) is 46.1 Å². The SMILES string of the molecule is COCc1nc(OC)c2c(C)c(C(=O)NCC(c3cccc(OC)c3)N3CCCC3)sc2n1. The fourth-order valence-corrected chi connectivity index (χ4v) is 5.44. The van der Waals surface area contributed by atoms with E-state index in [0.717, 1.165) is 40.2 Å². The summed E-state index contributed by atoms with van der Waals surface area (Å²) >= 11 is 1.36. The molecular weight excluding hydrogens is 440 g/mol. The number of carbonyl (C=O) groups excluding carboxylic acids is 1. The van der Waals surface area contributed by atoms with E-state index in [1.807, 2.05) is 19.1 Å². The minimum atomic E-state index is -0.113. The molecule has 0 radical (unpaired) electrons. The normalized spacial score (nSPS) is 15.0. The van der Waals surface area contributed by atoms with Gasteiger partial charge in [0.1, 0.15) is 17.2 Å². The van der Waals surface area contributed by atoms with E-state index in [4.69, 9.17) is 14.2 Å². The number of rotatable bonds is 9. The van der Waals surface area contributed by atoms with E-state index in [-0.39, 0.29) is 18.6 Å². The molecule has 1 aliphatic rings. The van der Waals surface area contributed by atoms with Crippen molar-refractivity contribution in [3.8, 4) is 11.6 Å². The molecule has 0 bridgehead atoms. The molecule has 4 rings (SSSR count). The van der Waals surface area contributed by atoms with E-state index in [9.17, 15) is 4.79 Å². The Kier molecular flexibility index (Phi) is 7.42. The number of hydrogen-bond acceptors (Lipinski definition) is 8. The van der Waals surface area contributed by atoms with Gasteiger partial charge < -0.3 is 19.5 Å². The second-order valence-electron chi connectivity index (χ2n) is 8.06. The Labute approximate surface area is 197 Å². The lowest BCUT2D eigenvalue weighted by Crippen LogP contribution is -2.36. The first-order valence-corrected chi connectivity index (χ1v) is 11.9. The molecule has 1 aliphatic heterocycles. The van der Waals surface area contributed by atoms with Crippen LogP contribution in [0.1, 0.15) is 45.5 Å². The highest BCUT2D eigenvalue weighted by molar-refractivity contribution is 7.20. The monoisotopic (exact) mass is 470 g/mol. The summed E-state index contributed by atoms with van der Waals surface area (Å²) in [5.74, 6) is 1.70. The zero-order valence-corrected chi connectivity index (χ0v) is 20.3. The number of benzene rings is 1. The lowest BCUT2D eigenvalue weighted by Gasteiger charge is -2.28. The number of hydrogen-bond donors (Lipinski definition) is 1. The summed E-state index contributed by atoms with van der Waals surface area (Å²) in [7, 11) is 4.84. The predicted octanol–water partition coefficient (Wildman–Crippen LogP) is 3.73. The van der Waals surface area contributed by atoms with Gasteiger partial charge in [0.2, 0.25) is 5.88 Å². The van der Waals surface area contributed by atoms with E-state index < -0.39 is 0 Å². The lowest BCUT2D eigenvalue weighted by molar-refractivity contribution is 0.0941. The molecule has 1 fully saturated rings. The van der Waals surface area contributed by atoms with E-state index >= 15 is 0 Å². The van der Waals surface area contributed by atoms with Gasteiger partial charge in [0, 0.05) is 13.7 Å². The lowest BCUT2D eigenvalue weighted by atomic mass is 10.0. The van der Waals surface area contributed by atoms with Gasteiger partial charge in [0.05, 0.1) is 30.5 Å². The van der Waals surface area contributed by atoms with Crippen LogP contribution in [-0.4, -0.2) is 61.7 Å². The van der Waals surface area contributed by atoms with Crippen LogP contribution in [0.25, 0.3) is 10.2 Å². The van der Waals surface area contributed by atoms with Crippen LogP contribution >= 0.6 is 11.3 Å². The van der Waals surface area contributed by atoms with Crippen molar-refractivity contribution >= 4 is 27.5 Å². The van der Waals surface area contributed by atoms with Gasteiger partial charge in [-0.2, -0.15) is 4.98 Å². The number of likely N-dealkylation sites (tertiary alicyclic amines) is 1. The Morgan fingerprint density at radius 2 is 1.97 bits per heavy atom. The third-order valence-corrected chi connectivity index (χ3v) is 7.18. The fraction of sp³-hybridized carbons (Fsp3) is 0.458. The van der Waals surface area contributed by atoms with Crippen molar-refractivity contribution in [3.63, 3.8) is 0 Å². The summed E-state index contributed by atoms with van der Waals surface area (Å²) in [6.45, 7) is 4.75. The first-order chi connectivity index (χ1) is 16.0. The Hall–Kier alpha value is -2.75. The van der Waals surface area contributed by atoms with Crippen LogP contribution in [0.5, 0.6) is 11.6 Å². The first kappa shape index (κ1) is 23.4. The quantitative estimate of drug-likeness (QED) is 0.510. The summed E-state index contributed by atoms with van der Waals surface area (Å²) in [4.78, 5) is 26.0. The average Bonchev–Trinajstić information content (AvgIpc) is 3.47. The van der Waals surface area contributed by atoms with Gasteiger partial charge >= 0.3 is 0 Å². The van der Waals surface area contributed by atoms with Crippen molar-refractivity contribution in [2.45, 2.75) is 32.4 Å². The number of methoxy groups -OCH3 is 3. The summed E-state index contributed by atoms with van der Waals surface area (Å²) in [5.41, 5.74) is 1.97. The highest BCUT2D eigenvalue weighted by atomic mass is 32.1. The van der Waals surface area contributed by atoms with E-state index in [1.165, 1.54) is 24.2 Å². The van der Waals surface area contributed by atoms with Crippen LogP contribution in [-0.2, 0) is 11.3 Å². The number of nitrogens with one attached hydrogen (secondary N) is 1. The molecule has 9 heteroatoms. The van der Waals surface area contributed by atoms with Gasteiger partial charge in [0.25, 0.3) is 5.91 Å². The maximum Gasteiger partial charge on any atom is 0.261 e. The molecular formula is C24H30N4O4S. The second-order valence-corrected chi connectivity index (χ2v) is 9.06. The molecule has 176 valence electrons. The van der Waals surface area contributed by atoms with Gasteiger partial charge in [0.15, 0.2) is 5.82 Å². The number of aromatic nitrogens is 2. The molecule has 3 heterocycles. The van der Waals surface area contributed by atoms with Crippen LogP contribution in [0.4, 0.5) is 0 Å². The number of nitrogens with zero attached hydrogens (tertiary/aromatic N) is 3. The van der Waals surface area contributed by atoms with Crippen molar-refractivity contribution < 1.29 is 19.0 Å². The molecule has 33 heavy (non-hydrogen) atoms. The fourth-order valence-electron chi connectivity index (χ4n) is 4.33. The third-order valence-electron chi connectivity index (χ3n) is 5.99. The van der Waals surface area contributed by atoms with Crippen molar-refractivity contribution in [2.24, 2.45) is 0 Å². The van der Waals surface area contributed by atoms with Crippen molar-refractivity contribution in [2.75, 3.05) is 41.0 Å². The van der Waals surface area contributed by atoms with Gasteiger partial charge in [-0.25, -0.2) is 4.98 Å². The minimum Gasteiger partial charge on any atom is -0.497 e. The van der Waals surface area contributed by atoms with Crippen LogP contribution < -0.4 is 14.8 Å². The molecule has 1 amide bonds. The highest BCUT2D eigenvalue weighted by Crippen LogP contribution is 2.35. The van der Waals surface area contributed by atoms with Gasteiger partial charge in [-0.15, -0.1) is 11.3 Å². The Bertz CT molecular complexity index is 1130. The molecule has 3 aromatic rings. The van der Waals surface area contributed by atoms with Crippen LogP contribution in [0.3, 0.4) is 0 Å². The smallest absolute Gasteiger partial charge is 0.261 e. The van der Waals surface area contributed by atoms with Crippen LogP contribution in [0.15, 0.2) is 24.3 Å². The molecule has 1 aromatic carbocycles. The molecule has 0 spiro atoms. The number of carbonyl (C=O) groups is 1. The molecule has 1 saturated heterocycles. The minimum absolute atomic E-state index is 0.0869. The zero-order valence-electron chi connectivity index (χ0n) is 19.5. The van der Waals surface area contributed by atoms with Gasteiger partial charge in [-0.05, 0) is 56.1 Å². The average molecular weight is 471 g/mol. The van der Waals surface area contributed by atoms with Gasteiger partial charge in [-0.1, -0.05) is 12.1 Å². The van der Waals surface area contributed by atoms with Gasteiger partial charge in [-0.3, -0.25) is 9.69 Å². The number of amides is 1. The summed E-state index contributed by atoms with van der Waals surface area (Å²) < 4.78 is 16.1. The third kappa shape index (κ3) is 4.95. The van der Waals surface area contributed by atoms with Crippen LogP contribution in [0, 0.1) is 6.92 Å². The number of fused-ring (bicyclic) bond motifs is 1. The molecule has 1 atom stereocenters. The Morgan fingerprint density at radius 1 is 1.18 bits per heavy atom. The number of thiophene rings is 1. The number of aryl methyl sites for hydroxylation is 1. The largest absolute Gasteiger partial charge is 0.497 e. The highest BCUT2D eigenvalue weighted by Gasteiger charge is 2.26. The zero-order chi connectivity index (χ0) is 23.4.